The van der Waals surface area contributed by atoms with Crippen molar-refractivity contribution in [2.75, 3.05) is 14.2 Å². The highest BCUT2D eigenvalue weighted by molar-refractivity contribution is 6.32. The quantitative estimate of drug-likeness (QED) is 0.782. The lowest BCUT2D eigenvalue weighted by atomic mass is 10.1. The Morgan fingerprint density at radius 3 is 2.64 bits per heavy atom. The van der Waals surface area contributed by atoms with Crippen molar-refractivity contribution < 1.29 is 9.57 Å². The van der Waals surface area contributed by atoms with Gasteiger partial charge in [0.15, 0.2) is 0 Å². The summed E-state index contributed by atoms with van der Waals surface area (Å²) < 4.78 is 5.23. The van der Waals surface area contributed by atoms with Gasteiger partial charge >= 0.3 is 0 Å². The highest BCUT2D eigenvalue weighted by atomic mass is 35.5. The molecule has 1 aromatic carbocycles. The number of hydrogen-bond acceptors (Lipinski definition) is 3. The molecular formula is C10H14ClNO2. The maximum atomic E-state index is 5.99. The molecule has 4 heteroatoms. The number of nitrogens with one attached hydrogen (secondary N) is 1. The Balaban J connectivity index is 3.03. The summed E-state index contributed by atoms with van der Waals surface area (Å²) in [4.78, 5) is 4.79. The van der Waals surface area contributed by atoms with Crippen molar-refractivity contribution in [2.24, 2.45) is 0 Å². The smallest absolute Gasteiger partial charge is 0.142 e. The van der Waals surface area contributed by atoms with Crippen molar-refractivity contribution in [2.45, 2.75) is 13.5 Å². The number of methoxy groups -OCH3 is 1. The maximum Gasteiger partial charge on any atom is 0.142 e. The fraction of sp³-hybridized carbons (Fsp3) is 0.400. The van der Waals surface area contributed by atoms with Gasteiger partial charge in [0, 0.05) is 12.1 Å². The Hall–Kier alpha value is -0.770. The fourth-order valence-electron chi connectivity index (χ4n) is 1.28. The van der Waals surface area contributed by atoms with Crippen LogP contribution in [-0.4, -0.2) is 14.2 Å². The molecule has 1 N–H and O–H groups in total. The summed E-state index contributed by atoms with van der Waals surface area (Å²) in [5.41, 5.74) is 4.91. The molecule has 1 aromatic rings. The van der Waals surface area contributed by atoms with Crippen LogP contribution >= 0.6 is 11.6 Å². The minimum Gasteiger partial charge on any atom is -0.495 e. The molecule has 0 aliphatic rings. The molecule has 0 aliphatic carbocycles. The molecule has 0 heterocycles. The number of benzene rings is 1. The third-order valence-corrected chi connectivity index (χ3v) is 2.34. The Morgan fingerprint density at radius 1 is 1.36 bits per heavy atom. The summed E-state index contributed by atoms with van der Waals surface area (Å²) >= 11 is 5.99. The number of hydroxylamine groups is 1. The fourth-order valence-corrected chi connectivity index (χ4v) is 1.54. The average Bonchev–Trinajstić information content (AvgIpc) is 2.19. The third kappa shape index (κ3) is 2.38. The molecule has 0 unspecified atom stereocenters. The zero-order valence-electron chi connectivity index (χ0n) is 8.56. The molecule has 0 fully saturated rings. The van der Waals surface area contributed by atoms with Gasteiger partial charge in [-0.05, 0) is 18.6 Å². The van der Waals surface area contributed by atoms with Crippen LogP contribution in [0.15, 0.2) is 12.1 Å². The summed E-state index contributed by atoms with van der Waals surface area (Å²) in [6, 6.07) is 3.78. The minimum absolute atomic E-state index is 0.575. The summed E-state index contributed by atoms with van der Waals surface area (Å²) in [6.45, 7) is 2.58. The first-order chi connectivity index (χ1) is 6.70. The summed E-state index contributed by atoms with van der Waals surface area (Å²) in [5, 5.41) is 0.617. The number of halogens is 1. The lowest BCUT2D eigenvalue weighted by Gasteiger charge is -2.12. The van der Waals surface area contributed by atoms with E-state index in [2.05, 4.69) is 5.48 Å². The molecule has 78 valence electrons. The van der Waals surface area contributed by atoms with E-state index < -0.39 is 0 Å². The van der Waals surface area contributed by atoms with E-state index in [1.807, 2.05) is 19.1 Å². The average molecular weight is 216 g/mol. The molecule has 14 heavy (non-hydrogen) atoms. The van der Waals surface area contributed by atoms with Gasteiger partial charge in [-0.1, -0.05) is 17.7 Å². The number of ether oxygens (including phenoxy) is 1. The highest BCUT2D eigenvalue weighted by Gasteiger charge is 2.09. The van der Waals surface area contributed by atoms with Crippen LogP contribution in [0.3, 0.4) is 0 Å². The summed E-state index contributed by atoms with van der Waals surface area (Å²) in [5.74, 6) is 0.705. The van der Waals surface area contributed by atoms with E-state index in [4.69, 9.17) is 21.2 Å². The molecule has 1 rings (SSSR count). The van der Waals surface area contributed by atoms with E-state index >= 15 is 0 Å². The van der Waals surface area contributed by atoms with E-state index in [-0.39, 0.29) is 0 Å². The Kier molecular flexibility index (Phi) is 4.20. The number of aryl methyl sites for hydroxylation is 1. The van der Waals surface area contributed by atoms with Crippen LogP contribution in [0.2, 0.25) is 5.02 Å². The number of rotatable bonds is 4. The molecule has 0 amide bonds. The van der Waals surface area contributed by atoms with Crippen molar-refractivity contribution in [1.82, 2.24) is 5.48 Å². The lowest BCUT2D eigenvalue weighted by molar-refractivity contribution is 0.0860. The topological polar surface area (TPSA) is 30.5 Å². The van der Waals surface area contributed by atoms with E-state index in [9.17, 15) is 0 Å². The predicted molar refractivity (Wildman–Crippen MR) is 56.6 cm³/mol. The van der Waals surface area contributed by atoms with E-state index in [0.717, 1.165) is 11.1 Å². The summed E-state index contributed by atoms with van der Waals surface area (Å²) in [6.07, 6.45) is 0. The molecule has 3 nitrogen and oxygen atoms in total. The molecule has 0 saturated heterocycles. The van der Waals surface area contributed by atoms with Crippen LogP contribution in [0, 0.1) is 6.92 Å². The van der Waals surface area contributed by atoms with Crippen molar-refractivity contribution in [3.8, 4) is 5.75 Å². The van der Waals surface area contributed by atoms with E-state index in [1.54, 1.807) is 14.2 Å². The largest absolute Gasteiger partial charge is 0.495 e. The second kappa shape index (κ2) is 5.20. The van der Waals surface area contributed by atoms with Gasteiger partial charge in [0.05, 0.1) is 19.2 Å². The van der Waals surface area contributed by atoms with Crippen LogP contribution in [-0.2, 0) is 11.4 Å². The number of hydrogen-bond donors (Lipinski definition) is 1. The lowest BCUT2D eigenvalue weighted by Crippen LogP contribution is -2.12. The molecule has 0 radical (unpaired) electrons. The van der Waals surface area contributed by atoms with Gasteiger partial charge in [0.25, 0.3) is 0 Å². The van der Waals surface area contributed by atoms with Crippen molar-refractivity contribution in [1.29, 1.82) is 0 Å². The molecule has 0 spiro atoms. The molecule has 0 atom stereocenters. The standard InChI is InChI=1S/C10H14ClNO2/c1-7-4-5-9(11)10(13-2)8(7)6-12-14-3/h4-5,12H,6H2,1-3H3. The maximum absolute atomic E-state index is 5.99. The van der Waals surface area contributed by atoms with Gasteiger partial charge in [0.1, 0.15) is 5.75 Å². The highest BCUT2D eigenvalue weighted by Crippen LogP contribution is 2.30. The molecule has 0 saturated carbocycles. The zero-order chi connectivity index (χ0) is 10.6. The predicted octanol–water partition coefficient (Wildman–Crippen LogP) is 2.31. The monoisotopic (exact) mass is 215 g/mol. The Morgan fingerprint density at radius 2 is 2.07 bits per heavy atom. The third-order valence-electron chi connectivity index (χ3n) is 2.04. The second-order valence-corrected chi connectivity index (χ2v) is 3.31. The van der Waals surface area contributed by atoms with Crippen molar-refractivity contribution >= 4 is 11.6 Å². The molecule has 0 bridgehead atoms. The van der Waals surface area contributed by atoms with Gasteiger partial charge in [-0.25, -0.2) is 0 Å². The van der Waals surface area contributed by atoms with Gasteiger partial charge in [-0.2, -0.15) is 5.48 Å². The first-order valence-corrected chi connectivity index (χ1v) is 4.66. The molecular weight excluding hydrogens is 202 g/mol. The molecule has 0 aliphatic heterocycles. The van der Waals surface area contributed by atoms with Crippen LogP contribution < -0.4 is 10.2 Å². The second-order valence-electron chi connectivity index (χ2n) is 2.90. The van der Waals surface area contributed by atoms with Gasteiger partial charge in [-0.3, -0.25) is 0 Å². The van der Waals surface area contributed by atoms with Crippen molar-refractivity contribution in [3.05, 3.63) is 28.3 Å². The van der Waals surface area contributed by atoms with Gasteiger partial charge < -0.3 is 9.57 Å². The van der Waals surface area contributed by atoms with Crippen LogP contribution in [0.25, 0.3) is 0 Å². The van der Waals surface area contributed by atoms with Crippen molar-refractivity contribution in [3.63, 3.8) is 0 Å². The van der Waals surface area contributed by atoms with E-state index in [0.29, 0.717) is 17.3 Å². The minimum atomic E-state index is 0.575. The van der Waals surface area contributed by atoms with E-state index in [1.165, 1.54) is 0 Å². The Labute approximate surface area is 88.9 Å². The Bertz CT molecular complexity index is 315. The van der Waals surface area contributed by atoms with Crippen LogP contribution in [0.4, 0.5) is 0 Å². The zero-order valence-corrected chi connectivity index (χ0v) is 9.31. The van der Waals surface area contributed by atoms with Gasteiger partial charge in [0.2, 0.25) is 0 Å². The first kappa shape index (κ1) is 11.3. The SMILES string of the molecule is CONCc1c(C)ccc(Cl)c1OC. The molecule has 0 aromatic heterocycles. The van der Waals surface area contributed by atoms with Crippen LogP contribution in [0.1, 0.15) is 11.1 Å². The van der Waals surface area contributed by atoms with Crippen LogP contribution in [0.5, 0.6) is 5.75 Å². The first-order valence-electron chi connectivity index (χ1n) is 4.28. The summed E-state index contributed by atoms with van der Waals surface area (Å²) in [7, 11) is 3.18. The normalized spacial score (nSPS) is 10.3. The van der Waals surface area contributed by atoms with Gasteiger partial charge in [-0.15, -0.1) is 0 Å².